The van der Waals surface area contributed by atoms with Crippen molar-refractivity contribution in [1.29, 1.82) is 0 Å². The molecular formula is C11H15N3O4. The first kappa shape index (κ1) is 12.4. The Labute approximate surface area is 104 Å². The number of hydrogen-bond acceptors (Lipinski definition) is 6. The SMILES string of the molecule is CC1=CC(CC(C(=O)O)C2CN=C(N)N2)OC1=O. The van der Waals surface area contributed by atoms with Crippen LogP contribution in [-0.2, 0) is 14.3 Å². The zero-order valence-corrected chi connectivity index (χ0v) is 9.92. The van der Waals surface area contributed by atoms with Crippen molar-refractivity contribution in [3.63, 3.8) is 0 Å². The van der Waals surface area contributed by atoms with Crippen LogP contribution in [0.1, 0.15) is 13.3 Å². The first-order valence-electron chi connectivity index (χ1n) is 5.66. The highest BCUT2D eigenvalue weighted by Crippen LogP contribution is 2.23. The molecule has 0 fully saturated rings. The van der Waals surface area contributed by atoms with E-state index in [-0.39, 0.29) is 24.4 Å². The van der Waals surface area contributed by atoms with E-state index in [4.69, 9.17) is 10.5 Å². The van der Waals surface area contributed by atoms with Crippen LogP contribution in [0, 0.1) is 5.92 Å². The number of aliphatic carboxylic acids is 1. The Morgan fingerprint density at radius 1 is 1.78 bits per heavy atom. The minimum atomic E-state index is -0.952. The van der Waals surface area contributed by atoms with Crippen LogP contribution in [0.5, 0.6) is 0 Å². The minimum absolute atomic E-state index is 0.221. The summed E-state index contributed by atoms with van der Waals surface area (Å²) in [6.45, 7) is 1.97. The molecule has 2 aliphatic rings. The molecule has 2 heterocycles. The Morgan fingerprint density at radius 2 is 2.50 bits per heavy atom. The van der Waals surface area contributed by atoms with Crippen molar-refractivity contribution in [2.24, 2.45) is 16.6 Å². The number of esters is 1. The van der Waals surface area contributed by atoms with Crippen molar-refractivity contribution in [2.45, 2.75) is 25.5 Å². The maximum absolute atomic E-state index is 11.3. The molecule has 0 bridgehead atoms. The van der Waals surface area contributed by atoms with Gasteiger partial charge in [0.15, 0.2) is 5.96 Å². The predicted octanol–water partition coefficient (Wildman–Crippen LogP) is -0.764. The first-order chi connectivity index (χ1) is 8.47. The number of carbonyl (C=O) groups is 2. The molecule has 0 aromatic heterocycles. The standard InChI is InChI=1S/C11H15N3O4/c1-5-2-6(18-10(5)17)3-7(9(15)16)8-4-13-11(12)14-8/h2,6-8H,3-4H2,1H3,(H,15,16)(H3,12,13,14). The number of ether oxygens (including phenoxy) is 1. The molecule has 0 amide bonds. The Morgan fingerprint density at radius 3 is 2.94 bits per heavy atom. The first-order valence-corrected chi connectivity index (χ1v) is 5.66. The Kier molecular flexibility index (Phi) is 3.22. The van der Waals surface area contributed by atoms with Gasteiger partial charge in [0.2, 0.25) is 0 Å². The molecule has 18 heavy (non-hydrogen) atoms. The number of hydrogen-bond donors (Lipinski definition) is 3. The Balaban J connectivity index is 2.00. The van der Waals surface area contributed by atoms with Gasteiger partial charge in [0.1, 0.15) is 6.10 Å². The Bertz CT molecular complexity index is 444. The van der Waals surface area contributed by atoms with E-state index in [0.717, 1.165) is 0 Å². The summed E-state index contributed by atoms with van der Waals surface area (Å²) in [5.74, 6) is -1.79. The number of carboxylic acid groups (broad SMARTS) is 1. The molecule has 0 aliphatic carbocycles. The van der Waals surface area contributed by atoms with E-state index < -0.39 is 18.0 Å². The van der Waals surface area contributed by atoms with Gasteiger partial charge in [-0.1, -0.05) is 0 Å². The van der Waals surface area contributed by atoms with Crippen LogP contribution in [0.3, 0.4) is 0 Å². The summed E-state index contributed by atoms with van der Waals surface area (Å²) in [6.07, 6.45) is 1.39. The monoisotopic (exact) mass is 253 g/mol. The molecule has 7 heteroatoms. The van der Waals surface area contributed by atoms with E-state index >= 15 is 0 Å². The van der Waals surface area contributed by atoms with Crippen molar-refractivity contribution in [3.8, 4) is 0 Å². The number of carbonyl (C=O) groups excluding carboxylic acids is 1. The molecule has 0 saturated heterocycles. The molecular weight excluding hydrogens is 238 g/mol. The van der Waals surface area contributed by atoms with E-state index in [1.807, 2.05) is 0 Å². The zero-order chi connectivity index (χ0) is 13.3. The number of nitrogens with zero attached hydrogens (tertiary/aromatic N) is 1. The van der Waals surface area contributed by atoms with E-state index in [0.29, 0.717) is 12.1 Å². The number of cyclic esters (lactones) is 1. The van der Waals surface area contributed by atoms with Gasteiger partial charge < -0.3 is 20.9 Å². The summed E-state index contributed by atoms with van der Waals surface area (Å²) in [4.78, 5) is 26.4. The summed E-state index contributed by atoms with van der Waals surface area (Å²) in [5, 5.41) is 12.0. The fraction of sp³-hybridized carbons (Fsp3) is 0.545. The average Bonchev–Trinajstić information content (AvgIpc) is 2.83. The van der Waals surface area contributed by atoms with Gasteiger partial charge in [-0.15, -0.1) is 0 Å². The van der Waals surface area contributed by atoms with Crippen molar-refractivity contribution >= 4 is 17.9 Å². The molecule has 0 spiro atoms. The van der Waals surface area contributed by atoms with Crippen LogP contribution in [0.25, 0.3) is 0 Å². The van der Waals surface area contributed by atoms with Crippen molar-refractivity contribution in [2.75, 3.05) is 6.54 Å². The van der Waals surface area contributed by atoms with Crippen LogP contribution < -0.4 is 11.1 Å². The number of guanidine groups is 1. The minimum Gasteiger partial charge on any atom is -0.481 e. The van der Waals surface area contributed by atoms with E-state index in [2.05, 4.69) is 10.3 Å². The van der Waals surface area contributed by atoms with Gasteiger partial charge in [-0.05, 0) is 13.0 Å². The summed E-state index contributed by atoms with van der Waals surface area (Å²) in [5.41, 5.74) is 5.98. The summed E-state index contributed by atoms with van der Waals surface area (Å²) in [7, 11) is 0. The van der Waals surface area contributed by atoms with E-state index in [1.165, 1.54) is 0 Å². The summed E-state index contributed by atoms with van der Waals surface area (Å²) < 4.78 is 5.05. The van der Waals surface area contributed by atoms with Gasteiger partial charge >= 0.3 is 11.9 Å². The lowest BCUT2D eigenvalue weighted by atomic mass is 9.93. The highest BCUT2D eigenvalue weighted by Gasteiger charge is 2.35. The molecule has 0 aromatic rings. The van der Waals surface area contributed by atoms with E-state index in [1.54, 1.807) is 13.0 Å². The number of nitrogens with two attached hydrogens (primary N) is 1. The molecule has 0 radical (unpaired) electrons. The molecule has 3 unspecified atom stereocenters. The highest BCUT2D eigenvalue weighted by atomic mass is 16.5. The van der Waals surface area contributed by atoms with Gasteiger partial charge in [-0.3, -0.25) is 9.79 Å². The fourth-order valence-corrected chi connectivity index (χ4v) is 2.12. The number of aliphatic imine (C=N–C) groups is 1. The van der Waals surface area contributed by atoms with Crippen LogP contribution in [0.15, 0.2) is 16.6 Å². The zero-order valence-electron chi connectivity index (χ0n) is 9.92. The Hall–Kier alpha value is -2.05. The quantitative estimate of drug-likeness (QED) is 0.567. The molecule has 3 atom stereocenters. The topological polar surface area (TPSA) is 114 Å². The van der Waals surface area contributed by atoms with Gasteiger partial charge in [0.05, 0.1) is 18.5 Å². The summed E-state index contributed by atoms with van der Waals surface area (Å²) in [6, 6.07) is -0.351. The summed E-state index contributed by atoms with van der Waals surface area (Å²) >= 11 is 0. The third kappa shape index (κ3) is 2.44. The second-order valence-electron chi connectivity index (χ2n) is 4.45. The lowest BCUT2D eigenvalue weighted by Crippen LogP contribution is -2.44. The van der Waals surface area contributed by atoms with Crippen molar-refractivity contribution < 1.29 is 19.4 Å². The van der Waals surface area contributed by atoms with Crippen LogP contribution in [0.2, 0.25) is 0 Å². The average molecular weight is 253 g/mol. The molecule has 2 aliphatic heterocycles. The smallest absolute Gasteiger partial charge is 0.334 e. The van der Waals surface area contributed by atoms with Gasteiger partial charge in [0, 0.05) is 12.0 Å². The number of nitrogens with one attached hydrogen (secondary N) is 1. The number of carboxylic acids is 1. The third-order valence-corrected chi connectivity index (χ3v) is 3.10. The van der Waals surface area contributed by atoms with Gasteiger partial charge in [0.25, 0.3) is 0 Å². The number of rotatable bonds is 4. The maximum Gasteiger partial charge on any atom is 0.334 e. The normalized spacial score (nSPS) is 28.2. The fourth-order valence-electron chi connectivity index (χ4n) is 2.12. The van der Waals surface area contributed by atoms with Crippen molar-refractivity contribution in [1.82, 2.24) is 5.32 Å². The molecule has 7 nitrogen and oxygen atoms in total. The predicted molar refractivity (Wildman–Crippen MR) is 62.8 cm³/mol. The second kappa shape index (κ2) is 4.67. The molecule has 2 rings (SSSR count). The molecule has 0 saturated carbocycles. The maximum atomic E-state index is 11.3. The van der Waals surface area contributed by atoms with Crippen LogP contribution in [0.4, 0.5) is 0 Å². The molecule has 4 N–H and O–H groups in total. The highest BCUT2D eigenvalue weighted by molar-refractivity contribution is 5.90. The lowest BCUT2D eigenvalue weighted by Gasteiger charge is -2.21. The third-order valence-electron chi connectivity index (χ3n) is 3.10. The van der Waals surface area contributed by atoms with E-state index in [9.17, 15) is 14.7 Å². The molecule has 0 aromatic carbocycles. The largest absolute Gasteiger partial charge is 0.481 e. The van der Waals surface area contributed by atoms with Crippen LogP contribution >= 0.6 is 0 Å². The molecule has 98 valence electrons. The van der Waals surface area contributed by atoms with Gasteiger partial charge in [-0.2, -0.15) is 0 Å². The van der Waals surface area contributed by atoms with Crippen LogP contribution in [-0.4, -0.2) is 41.7 Å². The second-order valence-corrected chi connectivity index (χ2v) is 4.45. The van der Waals surface area contributed by atoms with Gasteiger partial charge in [-0.25, -0.2) is 4.79 Å². The lowest BCUT2D eigenvalue weighted by molar-refractivity contribution is -0.147. The van der Waals surface area contributed by atoms with Crippen molar-refractivity contribution in [3.05, 3.63) is 11.6 Å².